The number of carbonyl (C=O) groups is 3. The van der Waals surface area contributed by atoms with Gasteiger partial charge < -0.3 is 10.4 Å². The minimum Gasteiger partial charge on any atom is -0.480 e. The van der Waals surface area contributed by atoms with E-state index in [2.05, 4.69) is 91.5 Å². The number of carboxylic acid groups (broad SMARTS) is 1. The molecule has 2 atom stereocenters. The van der Waals surface area contributed by atoms with Crippen molar-refractivity contribution in [1.82, 2.24) is 15.3 Å². The fourth-order valence-corrected chi connectivity index (χ4v) is 6.88. The Morgan fingerprint density at radius 2 is 1.29 bits per heavy atom. The first kappa shape index (κ1) is 37.3. The lowest BCUT2D eigenvalue weighted by atomic mass is 9.92. The second kappa shape index (κ2) is 16.8. The maximum atomic E-state index is 13.3. The number of benzene rings is 3. The van der Waals surface area contributed by atoms with Gasteiger partial charge in [0.05, 0.1) is 4.88 Å². The summed E-state index contributed by atoms with van der Waals surface area (Å²) in [5.74, 6) is -1.88. The molecule has 0 aliphatic heterocycles. The number of nitrogens with zero attached hydrogens (tertiary/aromatic N) is 2. The molecule has 0 unspecified atom stereocenters. The first-order valence-electron chi connectivity index (χ1n) is 17.7. The van der Waals surface area contributed by atoms with Gasteiger partial charge in [-0.05, 0) is 71.6 Å². The van der Waals surface area contributed by atoms with E-state index in [-0.39, 0.29) is 24.0 Å². The van der Waals surface area contributed by atoms with Crippen LogP contribution in [-0.2, 0) is 27.8 Å². The van der Waals surface area contributed by atoms with Crippen LogP contribution in [0.3, 0.4) is 0 Å². The predicted molar refractivity (Wildman–Crippen MR) is 206 cm³/mol. The van der Waals surface area contributed by atoms with Crippen molar-refractivity contribution >= 4 is 29.0 Å². The van der Waals surface area contributed by atoms with Crippen LogP contribution in [0.1, 0.15) is 86.0 Å². The molecule has 0 radical (unpaired) electrons. The highest BCUT2D eigenvalue weighted by atomic mass is 32.1. The molecule has 0 saturated carbocycles. The van der Waals surface area contributed by atoms with Gasteiger partial charge in [0.25, 0.3) is 0 Å². The number of aromatic nitrogens is 2. The zero-order valence-electron chi connectivity index (χ0n) is 30.1. The number of thiophene rings is 1. The summed E-state index contributed by atoms with van der Waals surface area (Å²) in [6.07, 6.45) is 8.74. The fourth-order valence-electron chi connectivity index (χ4n) is 5.86. The topological polar surface area (TPSA) is 109 Å². The van der Waals surface area contributed by atoms with Crippen LogP contribution in [0.2, 0.25) is 0 Å². The number of Topliss-reactive ketones (excluding diaryl/α,β-unsaturated/α-hetero) is 1. The van der Waals surface area contributed by atoms with Crippen LogP contribution in [0.4, 0.5) is 0 Å². The molecule has 264 valence electrons. The lowest BCUT2D eigenvalue weighted by Crippen LogP contribution is -2.42. The van der Waals surface area contributed by atoms with Crippen molar-refractivity contribution in [3.05, 3.63) is 118 Å². The zero-order valence-corrected chi connectivity index (χ0v) is 30.9. The number of nitrogens with one attached hydrogen (secondary N) is 1. The molecule has 0 fully saturated rings. The highest BCUT2D eigenvalue weighted by Crippen LogP contribution is 2.31. The molecule has 1 amide bonds. The van der Waals surface area contributed by atoms with Crippen LogP contribution in [0, 0.1) is 5.92 Å². The number of amides is 1. The third-order valence-corrected chi connectivity index (χ3v) is 10.6. The maximum absolute atomic E-state index is 13.3. The average molecular weight is 702 g/mol. The number of aliphatic carboxylic acids is 1. The van der Waals surface area contributed by atoms with Gasteiger partial charge in [-0.3, -0.25) is 14.4 Å². The Morgan fingerprint density at radius 1 is 0.745 bits per heavy atom. The van der Waals surface area contributed by atoms with Gasteiger partial charge in [0.1, 0.15) is 6.04 Å². The van der Waals surface area contributed by atoms with Crippen LogP contribution < -0.4 is 5.32 Å². The van der Waals surface area contributed by atoms with E-state index in [9.17, 15) is 19.5 Å². The molecule has 0 aliphatic rings. The van der Waals surface area contributed by atoms with E-state index in [0.29, 0.717) is 10.7 Å². The van der Waals surface area contributed by atoms with Crippen LogP contribution >= 0.6 is 11.3 Å². The second-order valence-corrected chi connectivity index (χ2v) is 15.3. The molecule has 51 heavy (non-hydrogen) atoms. The van der Waals surface area contributed by atoms with Crippen molar-refractivity contribution in [2.24, 2.45) is 5.92 Å². The summed E-state index contributed by atoms with van der Waals surface area (Å²) in [6.45, 7) is 9.91. The Kier molecular flexibility index (Phi) is 12.3. The Hall–Kier alpha value is -4.95. The number of aryl methyl sites for hydroxylation is 1. The largest absolute Gasteiger partial charge is 0.480 e. The monoisotopic (exact) mass is 701 g/mol. The van der Waals surface area contributed by atoms with Crippen molar-refractivity contribution in [3.63, 3.8) is 0 Å². The smallest absolute Gasteiger partial charge is 0.325 e. The highest BCUT2D eigenvalue weighted by molar-refractivity contribution is 7.14. The van der Waals surface area contributed by atoms with Gasteiger partial charge >= 0.3 is 5.97 Å². The average Bonchev–Trinajstić information content (AvgIpc) is 3.64. The summed E-state index contributed by atoms with van der Waals surface area (Å²) < 4.78 is 0. The van der Waals surface area contributed by atoms with Gasteiger partial charge in [-0.1, -0.05) is 113 Å². The number of unbranched alkanes of at least 4 members (excludes halogenated alkanes) is 2. The van der Waals surface area contributed by atoms with Gasteiger partial charge in [-0.15, -0.1) is 11.3 Å². The molecule has 5 rings (SSSR count). The highest BCUT2D eigenvalue weighted by Gasteiger charge is 2.27. The van der Waals surface area contributed by atoms with E-state index in [1.54, 1.807) is 0 Å². The maximum Gasteiger partial charge on any atom is 0.325 e. The minimum atomic E-state index is -1.13. The fraction of sp³-hybridized carbons (Fsp3) is 0.326. The Labute approximate surface area is 305 Å². The molecular formula is C43H47N3O4S. The van der Waals surface area contributed by atoms with E-state index >= 15 is 0 Å². The normalized spacial score (nSPS) is 12.6. The lowest BCUT2D eigenvalue weighted by molar-refractivity contribution is -0.141. The molecule has 2 N–H and O–H groups in total. The number of ketones is 1. The molecule has 3 aromatic carbocycles. The van der Waals surface area contributed by atoms with Gasteiger partial charge in [0.2, 0.25) is 5.91 Å². The van der Waals surface area contributed by atoms with Crippen molar-refractivity contribution in [2.45, 2.75) is 84.6 Å². The molecule has 0 spiro atoms. The second-order valence-electron chi connectivity index (χ2n) is 14.2. The summed E-state index contributed by atoms with van der Waals surface area (Å²) in [5.41, 5.74) is 7.27. The minimum absolute atomic E-state index is 0.0268. The number of hydrogen-bond acceptors (Lipinski definition) is 6. The Balaban J connectivity index is 1.24. The van der Waals surface area contributed by atoms with E-state index < -0.39 is 23.8 Å². The molecule has 2 aromatic heterocycles. The quantitative estimate of drug-likeness (QED) is 0.0831. The summed E-state index contributed by atoms with van der Waals surface area (Å²) in [4.78, 5) is 48.9. The van der Waals surface area contributed by atoms with E-state index in [0.717, 1.165) is 39.1 Å². The molecule has 8 heteroatoms. The Morgan fingerprint density at radius 3 is 1.84 bits per heavy atom. The molecule has 0 aliphatic carbocycles. The van der Waals surface area contributed by atoms with Crippen molar-refractivity contribution in [3.8, 4) is 33.6 Å². The van der Waals surface area contributed by atoms with E-state index in [4.69, 9.17) is 0 Å². The third-order valence-electron chi connectivity index (χ3n) is 9.07. The van der Waals surface area contributed by atoms with Gasteiger partial charge in [-0.25, -0.2) is 9.97 Å². The van der Waals surface area contributed by atoms with Gasteiger partial charge in [0, 0.05) is 40.7 Å². The number of carbonyl (C=O) groups excluding carboxylic acids is 2. The van der Waals surface area contributed by atoms with Crippen LogP contribution in [0.25, 0.3) is 33.6 Å². The van der Waals surface area contributed by atoms with E-state index in [1.807, 2.05) is 48.8 Å². The summed E-state index contributed by atoms with van der Waals surface area (Å²) in [5, 5.41) is 11.9. The number of carboxylic acids is 1. The van der Waals surface area contributed by atoms with Crippen molar-refractivity contribution in [2.75, 3.05) is 0 Å². The molecular weight excluding hydrogens is 655 g/mol. The molecule has 0 bridgehead atoms. The summed E-state index contributed by atoms with van der Waals surface area (Å²) in [6, 6.07) is 27.6. The number of hydrogen-bond donors (Lipinski definition) is 2. The van der Waals surface area contributed by atoms with Gasteiger partial charge in [0.15, 0.2) is 11.6 Å². The van der Waals surface area contributed by atoms with Crippen LogP contribution in [-0.4, -0.2) is 38.8 Å². The first-order valence-corrected chi connectivity index (χ1v) is 18.5. The molecule has 7 nitrogen and oxygen atoms in total. The summed E-state index contributed by atoms with van der Waals surface area (Å²) >= 11 is 1.44. The SMILES string of the molecule is CCCCCc1ccc(-c2ccc(-c3cnc(-c4ccc(C[C@H](CC(=O)c5ccc(C(C)(C)C)s5)C(=O)N[C@H](C)C(=O)O)cc4)nc3)cc2)cc1. The lowest BCUT2D eigenvalue weighted by Gasteiger charge is -2.18. The van der Waals surface area contributed by atoms with Crippen molar-refractivity contribution < 1.29 is 19.5 Å². The standard InChI is InChI=1S/C43H47N3O4S/c1-6-7-8-9-29-10-14-31(15-11-29)32-18-20-33(21-19-32)36-26-44-40(45-27-36)34-16-12-30(13-17-34)24-35(41(48)46-28(2)42(49)50)25-37(47)38-22-23-39(51-38)43(3,4)5/h10-23,26-28,35H,6-9,24-25H2,1-5H3,(H,46,48)(H,49,50)/t28-,35-/m1/s1. The molecule has 5 aromatic rings. The van der Waals surface area contributed by atoms with Crippen LogP contribution in [0.5, 0.6) is 0 Å². The predicted octanol–water partition coefficient (Wildman–Crippen LogP) is 9.59. The first-order chi connectivity index (χ1) is 24.4. The third kappa shape index (κ3) is 10.1. The van der Waals surface area contributed by atoms with Crippen molar-refractivity contribution in [1.29, 1.82) is 0 Å². The summed E-state index contributed by atoms with van der Waals surface area (Å²) in [7, 11) is 0. The van der Waals surface area contributed by atoms with Gasteiger partial charge in [-0.2, -0.15) is 0 Å². The zero-order chi connectivity index (χ0) is 36.5. The number of rotatable bonds is 15. The molecule has 2 heterocycles. The molecule has 0 saturated heterocycles. The van der Waals surface area contributed by atoms with Crippen LogP contribution in [0.15, 0.2) is 97.3 Å². The van der Waals surface area contributed by atoms with E-state index in [1.165, 1.54) is 48.6 Å². The Bertz CT molecular complexity index is 1920.